The van der Waals surface area contributed by atoms with Crippen LogP contribution in [0.5, 0.6) is 0 Å². The van der Waals surface area contributed by atoms with Crippen LogP contribution >= 0.6 is 0 Å². The van der Waals surface area contributed by atoms with Gasteiger partial charge in [-0.05, 0) is 61.4 Å². The second-order valence-electron chi connectivity index (χ2n) is 8.85. The van der Waals surface area contributed by atoms with Crippen LogP contribution < -0.4 is 5.32 Å². The molecule has 1 aliphatic heterocycles. The lowest BCUT2D eigenvalue weighted by Crippen LogP contribution is -2.36. The zero-order valence-corrected chi connectivity index (χ0v) is 19.9. The Morgan fingerprint density at radius 3 is 2.70 bits per heavy atom. The fourth-order valence-electron chi connectivity index (χ4n) is 4.83. The molecule has 0 bridgehead atoms. The number of aryl methyl sites for hydroxylation is 2. The molecule has 0 aromatic heterocycles. The lowest BCUT2D eigenvalue weighted by atomic mass is 10.1. The zero-order valence-electron chi connectivity index (χ0n) is 19.1. The van der Waals surface area contributed by atoms with Crippen molar-refractivity contribution in [3.8, 4) is 12.3 Å². The van der Waals surface area contributed by atoms with E-state index >= 15 is 0 Å². The van der Waals surface area contributed by atoms with E-state index in [4.69, 9.17) is 6.42 Å². The molecule has 1 amide bonds. The number of anilines is 1. The maximum absolute atomic E-state index is 13.1. The minimum Gasteiger partial charge on any atom is -0.325 e. The first kappa shape index (κ1) is 23.5. The average Bonchev–Trinajstić information content (AvgIpc) is 3.25. The van der Waals surface area contributed by atoms with Crippen molar-refractivity contribution in [1.82, 2.24) is 9.21 Å². The molecule has 1 atom stereocenters. The second-order valence-corrected chi connectivity index (χ2v) is 10.8. The highest BCUT2D eigenvalue weighted by Gasteiger charge is 2.29. The number of benzene rings is 2. The first-order chi connectivity index (χ1) is 15.9. The van der Waals surface area contributed by atoms with Crippen molar-refractivity contribution in [3.63, 3.8) is 0 Å². The van der Waals surface area contributed by atoms with Crippen molar-refractivity contribution in [2.45, 2.75) is 50.0 Å². The summed E-state index contributed by atoms with van der Waals surface area (Å²) in [5.41, 5.74) is 3.86. The van der Waals surface area contributed by atoms with E-state index in [-0.39, 0.29) is 23.4 Å². The Morgan fingerprint density at radius 1 is 1.18 bits per heavy atom. The largest absolute Gasteiger partial charge is 0.325 e. The van der Waals surface area contributed by atoms with Crippen LogP contribution in [0.3, 0.4) is 0 Å². The SMILES string of the molecule is C#CCN(CC(=O)Nc1cc(S(=O)(=O)N2CCCCC2)ccc1C)C1CCc2ccccc21. The highest BCUT2D eigenvalue weighted by molar-refractivity contribution is 7.89. The number of nitrogens with zero attached hydrogens (tertiary/aromatic N) is 2. The molecular weight excluding hydrogens is 434 g/mol. The van der Waals surface area contributed by atoms with Crippen molar-refractivity contribution in [1.29, 1.82) is 0 Å². The third-order valence-electron chi connectivity index (χ3n) is 6.62. The molecule has 33 heavy (non-hydrogen) atoms. The Bertz CT molecular complexity index is 1160. The molecule has 1 saturated heterocycles. The molecule has 2 aromatic rings. The minimum atomic E-state index is -3.57. The van der Waals surface area contributed by atoms with E-state index in [1.165, 1.54) is 11.1 Å². The number of carbonyl (C=O) groups is 1. The standard InChI is InChI=1S/C26H31N3O3S/c1-3-15-28(25-14-12-21-9-5-6-10-23(21)25)19-26(30)27-24-18-22(13-11-20(24)2)33(31,32)29-16-7-4-8-17-29/h1,5-6,9-11,13,18,25H,4,7-8,12,14-17,19H2,2H3,(H,27,30). The molecule has 174 valence electrons. The first-order valence-electron chi connectivity index (χ1n) is 11.6. The molecule has 0 spiro atoms. The molecule has 7 heteroatoms. The maximum Gasteiger partial charge on any atom is 0.243 e. The fourth-order valence-corrected chi connectivity index (χ4v) is 6.38. The fraction of sp³-hybridized carbons (Fsp3) is 0.423. The van der Waals surface area contributed by atoms with Crippen LogP contribution in [-0.2, 0) is 21.2 Å². The molecule has 4 rings (SSSR count). The smallest absolute Gasteiger partial charge is 0.243 e. The third-order valence-corrected chi connectivity index (χ3v) is 8.51. The van der Waals surface area contributed by atoms with Gasteiger partial charge in [-0.3, -0.25) is 9.69 Å². The number of fused-ring (bicyclic) bond motifs is 1. The predicted octanol–water partition coefficient (Wildman–Crippen LogP) is 3.73. The van der Waals surface area contributed by atoms with Crippen LogP contribution in [0.25, 0.3) is 0 Å². The molecule has 6 nitrogen and oxygen atoms in total. The number of sulfonamides is 1. The molecule has 1 fully saturated rings. The second kappa shape index (κ2) is 10.1. The monoisotopic (exact) mass is 465 g/mol. The maximum atomic E-state index is 13.1. The Kier molecular flexibility index (Phi) is 7.18. The molecule has 1 heterocycles. The van der Waals surface area contributed by atoms with Crippen molar-refractivity contribution >= 4 is 21.6 Å². The van der Waals surface area contributed by atoms with Crippen LogP contribution in [0.2, 0.25) is 0 Å². The van der Waals surface area contributed by atoms with Gasteiger partial charge >= 0.3 is 0 Å². The highest BCUT2D eigenvalue weighted by Crippen LogP contribution is 2.35. The Hall–Kier alpha value is -2.66. The molecule has 1 unspecified atom stereocenters. The van der Waals surface area contributed by atoms with Crippen LogP contribution in [-0.4, -0.2) is 49.7 Å². The zero-order chi connectivity index (χ0) is 23.4. The number of rotatable bonds is 7. The van der Waals surface area contributed by atoms with E-state index in [0.717, 1.165) is 37.7 Å². The van der Waals surface area contributed by atoms with E-state index < -0.39 is 10.0 Å². The van der Waals surface area contributed by atoms with Gasteiger partial charge in [0.2, 0.25) is 15.9 Å². The number of nitrogens with one attached hydrogen (secondary N) is 1. The molecule has 0 saturated carbocycles. The lowest BCUT2D eigenvalue weighted by Gasteiger charge is -2.27. The average molecular weight is 466 g/mol. The summed E-state index contributed by atoms with van der Waals surface area (Å²) in [4.78, 5) is 15.2. The van der Waals surface area contributed by atoms with Gasteiger partial charge in [0.1, 0.15) is 0 Å². The van der Waals surface area contributed by atoms with E-state index in [0.29, 0.717) is 25.3 Å². The van der Waals surface area contributed by atoms with Crippen LogP contribution in [0, 0.1) is 19.3 Å². The van der Waals surface area contributed by atoms with Crippen LogP contribution in [0.1, 0.15) is 48.4 Å². The van der Waals surface area contributed by atoms with Gasteiger partial charge in [-0.25, -0.2) is 8.42 Å². The molecule has 0 radical (unpaired) electrons. The lowest BCUT2D eigenvalue weighted by molar-refractivity contribution is -0.117. The Balaban J connectivity index is 1.50. The van der Waals surface area contributed by atoms with Gasteiger partial charge < -0.3 is 5.32 Å². The molecule has 1 N–H and O–H groups in total. The van der Waals surface area contributed by atoms with Crippen molar-refractivity contribution in [2.24, 2.45) is 0 Å². The molecular formula is C26H31N3O3S. The number of hydrogen-bond acceptors (Lipinski definition) is 4. The summed E-state index contributed by atoms with van der Waals surface area (Å²) in [7, 11) is -3.57. The van der Waals surface area contributed by atoms with Gasteiger partial charge in [0.05, 0.1) is 18.0 Å². The van der Waals surface area contributed by atoms with Gasteiger partial charge in [0.15, 0.2) is 0 Å². The third kappa shape index (κ3) is 5.14. The first-order valence-corrected chi connectivity index (χ1v) is 13.0. The summed E-state index contributed by atoms with van der Waals surface area (Å²) < 4.78 is 27.7. The topological polar surface area (TPSA) is 69.7 Å². The van der Waals surface area contributed by atoms with Gasteiger partial charge in [0, 0.05) is 24.8 Å². The molecule has 1 aliphatic carbocycles. The van der Waals surface area contributed by atoms with E-state index in [1.54, 1.807) is 22.5 Å². The highest BCUT2D eigenvalue weighted by atomic mass is 32.2. The number of terminal acetylenes is 1. The van der Waals surface area contributed by atoms with E-state index in [9.17, 15) is 13.2 Å². The van der Waals surface area contributed by atoms with Gasteiger partial charge in [-0.2, -0.15) is 4.31 Å². The van der Waals surface area contributed by atoms with Gasteiger partial charge in [-0.1, -0.05) is 42.7 Å². The van der Waals surface area contributed by atoms with Crippen LogP contribution in [0.15, 0.2) is 47.4 Å². The summed E-state index contributed by atoms with van der Waals surface area (Å²) in [6.45, 7) is 3.46. The summed E-state index contributed by atoms with van der Waals surface area (Å²) in [6.07, 6.45) is 10.3. The number of amides is 1. The normalized spacial score (nSPS) is 18.6. The summed E-state index contributed by atoms with van der Waals surface area (Å²) in [6, 6.07) is 13.3. The molecule has 2 aromatic carbocycles. The summed E-state index contributed by atoms with van der Waals surface area (Å²) >= 11 is 0. The van der Waals surface area contributed by atoms with Gasteiger partial charge in [0.25, 0.3) is 0 Å². The number of piperidine rings is 1. The van der Waals surface area contributed by atoms with Crippen molar-refractivity contribution < 1.29 is 13.2 Å². The van der Waals surface area contributed by atoms with Crippen molar-refractivity contribution in [2.75, 3.05) is 31.5 Å². The quantitative estimate of drug-likeness (QED) is 0.633. The Morgan fingerprint density at radius 2 is 1.94 bits per heavy atom. The van der Waals surface area contributed by atoms with Gasteiger partial charge in [-0.15, -0.1) is 6.42 Å². The van der Waals surface area contributed by atoms with Crippen molar-refractivity contribution in [3.05, 3.63) is 59.2 Å². The van der Waals surface area contributed by atoms with E-state index in [2.05, 4.69) is 23.4 Å². The number of hydrogen-bond donors (Lipinski definition) is 1. The van der Waals surface area contributed by atoms with Crippen LogP contribution in [0.4, 0.5) is 5.69 Å². The molecule has 2 aliphatic rings. The summed E-state index contributed by atoms with van der Waals surface area (Å²) in [5, 5.41) is 2.93. The minimum absolute atomic E-state index is 0.106. The van der Waals surface area contributed by atoms with E-state index in [1.807, 2.05) is 24.0 Å². The summed E-state index contributed by atoms with van der Waals surface area (Å²) in [5.74, 6) is 2.48. The number of carbonyl (C=O) groups excluding carboxylic acids is 1. The Labute approximate surface area is 197 Å². The predicted molar refractivity (Wildman–Crippen MR) is 130 cm³/mol.